The van der Waals surface area contributed by atoms with Gasteiger partial charge in [0, 0.05) is 17.4 Å². The Balaban J connectivity index is 1.84. The van der Waals surface area contributed by atoms with Gasteiger partial charge in [0.1, 0.15) is 0 Å². The van der Waals surface area contributed by atoms with Crippen molar-refractivity contribution in [3.8, 4) is 0 Å². The summed E-state index contributed by atoms with van der Waals surface area (Å²) < 4.78 is 0. The van der Waals surface area contributed by atoms with Gasteiger partial charge in [-0.2, -0.15) is 0 Å². The van der Waals surface area contributed by atoms with Crippen LogP contribution in [-0.2, 0) is 11.2 Å². The SMILES string of the molecule is CCCc1cc(=O)[nH]c(SCC(=O)NC(=O)Nc2ccccc2)n1. The van der Waals surface area contributed by atoms with Crippen molar-refractivity contribution in [2.24, 2.45) is 0 Å². The minimum Gasteiger partial charge on any atom is -0.308 e. The van der Waals surface area contributed by atoms with Crippen molar-refractivity contribution in [1.29, 1.82) is 0 Å². The lowest BCUT2D eigenvalue weighted by Crippen LogP contribution is -2.35. The quantitative estimate of drug-likeness (QED) is 0.549. The maximum absolute atomic E-state index is 11.8. The van der Waals surface area contributed by atoms with E-state index in [2.05, 4.69) is 20.6 Å². The summed E-state index contributed by atoms with van der Waals surface area (Å²) >= 11 is 1.07. The Morgan fingerprint density at radius 2 is 2.00 bits per heavy atom. The van der Waals surface area contributed by atoms with Crippen LogP contribution in [0.25, 0.3) is 0 Å². The summed E-state index contributed by atoms with van der Waals surface area (Å²) in [6.07, 6.45) is 1.57. The van der Waals surface area contributed by atoms with Crippen LogP contribution < -0.4 is 16.2 Å². The fourth-order valence-corrected chi connectivity index (χ4v) is 2.61. The molecule has 0 fully saturated rings. The molecule has 0 aliphatic rings. The second kappa shape index (κ2) is 8.88. The van der Waals surface area contributed by atoms with Gasteiger partial charge in [-0.15, -0.1) is 0 Å². The molecule has 0 aliphatic carbocycles. The molecule has 8 heteroatoms. The van der Waals surface area contributed by atoms with Crippen molar-refractivity contribution in [3.63, 3.8) is 0 Å². The highest BCUT2D eigenvalue weighted by molar-refractivity contribution is 7.99. The number of thioether (sulfide) groups is 1. The van der Waals surface area contributed by atoms with E-state index in [0.29, 0.717) is 23.0 Å². The Bertz CT molecular complexity index is 761. The Hall–Kier alpha value is -2.61. The number of carbonyl (C=O) groups excluding carboxylic acids is 2. The Morgan fingerprint density at radius 1 is 1.25 bits per heavy atom. The molecule has 0 spiro atoms. The molecular formula is C16H18N4O3S. The van der Waals surface area contributed by atoms with Crippen LogP contribution in [0, 0.1) is 0 Å². The maximum atomic E-state index is 11.8. The molecule has 0 saturated heterocycles. The van der Waals surface area contributed by atoms with Crippen molar-refractivity contribution >= 4 is 29.4 Å². The number of aryl methyl sites for hydroxylation is 1. The second-order valence-electron chi connectivity index (χ2n) is 4.95. The number of nitrogens with zero attached hydrogens (tertiary/aromatic N) is 1. The number of urea groups is 1. The zero-order chi connectivity index (χ0) is 17.4. The van der Waals surface area contributed by atoms with Crippen LogP contribution in [0.15, 0.2) is 46.3 Å². The summed E-state index contributed by atoms with van der Waals surface area (Å²) in [4.78, 5) is 41.9. The molecule has 3 amide bonds. The Labute approximate surface area is 143 Å². The van der Waals surface area contributed by atoms with Crippen LogP contribution in [0.2, 0.25) is 0 Å². The van der Waals surface area contributed by atoms with Crippen LogP contribution in [0.1, 0.15) is 19.0 Å². The van der Waals surface area contributed by atoms with Crippen molar-refractivity contribution in [2.45, 2.75) is 24.9 Å². The van der Waals surface area contributed by atoms with Gasteiger partial charge < -0.3 is 10.3 Å². The van der Waals surface area contributed by atoms with Gasteiger partial charge >= 0.3 is 6.03 Å². The normalized spacial score (nSPS) is 10.2. The van der Waals surface area contributed by atoms with Crippen molar-refractivity contribution in [3.05, 3.63) is 52.4 Å². The molecule has 2 rings (SSSR count). The predicted molar refractivity (Wildman–Crippen MR) is 93.2 cm³/mol. The van der Waals surface area contributed by atoms with Crippen molar-refractivity contribution in [2.75, 3.05) is 11.1 Å². The first kappa shape index (κ1) is 17.7. The first-order chi connectivity index (χ1) is 11.6. The summed E-state index contributed by atoms with van der Waals surface area (Å²) in [6.45, 7) is 1.99. The molecule has 7 nitrogen and oxygen atoms in total. The van der Waals surface area contributed by atoms with Crippen LogP contribution in [0.3, 0.4) is 0 Å². The number of rotatable bonds is 6. The number of amides is 3. The van der Waals surface area contributed by atoms with E-state index in [9.17, 15) is 14.4 Å². The van der Waals surface area contributed by atoms with E-state index in [4.69, 9.17) is 0 Å². The van der Waals surface area contributed by atoms with E-state index in [1.54, 1.807) is 24.3 Å². The predicted octanol–water partition coefficient (Wildman–Crippen LogP) is 2.16. The van der Waals surface area contributed by atoms with E-state index >= 15 is 0 Å². The van der Waals surface area contributed by atoms with Gasteiger partial charge in [-0.3, -0.25) is 14.9 Å². The number of anilines is 1. The zero-order valence-electron chi connectivity index (χ0n) is 13.2. The number of aromatic amines is 1. The molecule has 0 aliphatic heterocycles. The second-order valence-corrected chi connectivity index (χ2v) is 5.91. The molecule has 1 aromatic carbocycles. The summed E-state index contributed by atoms with van der Waals surface area (Å²) in [5.41, 5.74) is 1.03. The molecule has 0 bridgehead atoms. The van der Waals surface area contributed by atoms with Crippen LogP contribution in [-0.4, -0.2) is 27.7 Å². The van der Waals surface area contributed by atoms with Gasteiger partial charge in [0.05, 0.1) is 5.75 Å². The first-order valence-corrected chi connectivity index (χ1v) is 8.44. The highest BCUT2D eigenvalue weighted by Gasteiger charge is 2.10. The minimum atomic E-state index is -0.604. The molecule has 0 atom stereocenters. The summed E-state index contributed by atoms with van der Waals surface area (Å²) in [7, 11) is 0. The number of hydrogen-bond donors (Lipinski definition) is 3. The van der Waals surface area contributed by atoms with Gasteiger partial charge in [-0.1, -0.05) is 43.3 Å². The molecule has 126 valence electrons. The lowest BCUT2D eigenvalue weighted by Gasteiger charge is -2.06. The Morgan fingerprint density at radius 3 is 2.71 bits per heavy atom. The third-order valence-corrected chi connectivity index (χ3v) is 3.78. The molecule has 0 radical (unpaired) electrons. The number of H-pyrrole nitrogens is 1. The van der Waals surface area contributed by atoms with Gasteiger partial charge in [-0.05, 0) is 18.6 Å². The monoisotopic (exact) mass is 346 g/mol. The van der Waals surface area contributed by atoms with E-state index in [0.717, 1.165) is 18.2 Å². The van der Waals surface area contributed by atoms with E-state index in [1.165, 1.54) is 6.07 Å². The Kier molecular flexibility index (Phi) is 6.56. The summed E-state index contributed by atoms with van der Waals surface area (Å²) in [5, 5.41) is 5.14. The largest absolute Gasteiger partial charge is 0.325 e. The highest BCUT2D eigenvalue weighted by atomic mass is 32.2. The summed E-state index contributed by atoms with van der Waals surface area (Å²) in [6, 6.07) is 9.65. The van der Waals surface area contributed by atoms with Crippen molar-refractivity contribution < 1.29 is 9.59 Å². The first-order valence-electron chi connectivity index (χ1n) is 7.45. The van der Waals surface area contributed by atoms with Gasteiger partial charge in [0.15, 0.2) is 5.16 Å². The number of nitrogens with one attached hydrogen (secondary N) is 3. The third-order valence-electron chi connectivity index (χ3n) is 2.90. The van der Waals surface area contributed by atoms with Crippen LogP contribution in [0.5, 0.6) is 0 Å². The highest BCUT2D eigenvalue weighted by Crippen LogP contribution is 2.11. The number of aromatic nitrogens is 2. The van der Waals surface area contributed by atoms with E-state index < -0.39 is 11.9 Å². The minimum absolute atomic E-state index is 0.0271. The fraction of sp³-hybridized carbons (Fsp3) is 0.250. The number of benzene rings is 1. The van der Waals surface area contributed by atoms with Crippen LogP contribution in [0.4, 0.5) is 10.5 Å². The smallest absolute Gasteiger partial charge is 0.308 e. The maximum Gasteiger partial charge on any atom is 0.325 e. The van der Waals surface area contributed by atoms with Gasteiger partial charge in [0.2, 0.25) is 5.91 Å². The lowest BCUT2D eigenvalue weighted by atomic mass is 10.2. The number of para-hydroxylation sites is 1. The number of carbonyl (C=O) groups is 2. The molecule has 0 unspecified atom stereocenters. The topological polar surface area (TPSA) is 104 Å². The molecule has 1 heterocycles. The van der Waals surface area contributed by atoms with Gasteiger partial charge in [0.25, 0.3) is 5.56 Å². The average Bonchev–Trinajstić information content (AvgIpc) is 2.53. The molecule has 24 heavy (non-hydrogen) atoms. The molecule has 2 aromatic rings. The molecule has 1 aromatic heterocycles. The number of hydrogen-bond acceptors (Lipinski definition) is 5. The lowest BCUT2D eigenvalue weighted by molar-refractivity contribution is -0.117. The van der Waals surface area contributed by atoms with Crippen LogP contribution >= 0.6 is 11.8 Å². The van der Waals surface area contributed by atoms with Crippen molar-refractivity contribution in [1.82, 2.24) is 15.3 Å². The summed E-state index contributed by atoms with van der Waals surface area (Å²) in [5.74, 6) is -0.502. The van der Waals surface area contributed by atoms with E-state index in [1.807, 2.05) is 13.0 Å². The van der Waals surface area contributed by atoms with Gasteiger partial charge in [-0.25, -0.2) is 9.78 Å². The molecular weight excluding hydrogens is 328 g/mol. The third kappa shape index (κ3) is 5.88. The average molecular weight is 346 g/mol. The van der Waals surface area contributed by atoms with E-state index in [-0.39, 0.29) is 11.3 Å². The molecule has 0 saturated carbocycles. The fourth-order valence-electron chi connectivity index (χ4n) is 1.92. The standard InChI is InChI=1S/C16H18N4O3S/c1-2-6-12-9-13(21)20-16(18-12)24-10-14(22)19-15(23)17-11-7-4-3-5-8-11/h3-5,7-9H,2,6,10H2,1H3,(H,18,20,21)(H2,17,19,22,23). The zero-order valence-corrected chi connectivity index (χ0v) is 14.0. The molecule has 3 N–H and O–H groups in total. The number of imide groups is 1.